The molecule has 8 nitrogen and oxygen atoms in total. The molecule has 0 heterocycles. The van der Waals surface area contributed by atoms with Gasteiger partial charge in [-0.3, -0.25) is 0 Å². The van der Waals surface area contributed by atoms with E-state index in [9.17, 15) is 19.8 Å². The van der Waals surface area contributed by atoms with Crippen LogP contribution in [-0.2, 0) is 14.3 Å². The van der Waals surface area contributed by atoms with Crippen LogP contribution in [0.4, 0.5) is 0 Å². The van der Waals surface area contributed by atoms with Crippen LogP contribution < -0.4 is 9.47 Å². The normalized spacial score (nSPS) is 10.7. The number of benzene rings is 2. The second-order valence-corrected chi connectivity index (χ2v) is 5.85. The van der Waals surface area contributed by atoms with E-state index in [2.05, 4.69) is 4.74 Å². The fourth-order valence-corrected chi connectivity index (χ4v) is 2.13. The fourth-order valence-electron chi connectivity index (χ4n) is 2.13. The molecule has 0 unspecified atom stereocenters. The van der Waals surface area contributed by atoms with Crippen molar-refractivity contribution in [3.8, 4) is 23.0 Å². The van der Waals surface area contributed by atoms with Gasteiger partial charge in [-0.1, -0.05) is 12.1 Å². The molecule has 2 aromatic rings. The molecule has 0 aromatic heterocycles. The lowest BCUT2D eigenvalue weighted by Gasteiger charge is -2.04. The number of methoxy groups -OCH3 is 3. The van der Waals surface area contributed by atoms with Crippen LogP contribution in [0.5, 0.6) is 23.0 Å². The third kappa shape index (κ3) is 7.59. The van der Waals surface area contributed by atoms with Gasteiger partial charge in [-0.15, -0.1) is 0 Å². The summed E-state index contributed by atoms with van der Waals surface area (Å²) >= 11 is 0. The number of hydrogen-bond acceptors (Lipinski definition) is 7. The highest BCUT2D eigenvalue weighted by atomic mass is 16.5. The Labute approximate surface area is 174 Å². The molecule has 0 saturated carbocycles. The highest BCUT2D eigenvalue weighted by molar-refractivity contribution is 5.91. The summed E-state index contributed by atoms with van der Waals surface area (Å²) in [6, 6.07) is 9.42. The number of hydrogen-bond donors (Lipinski definition) is 3. The van der Waals surface area contributed by atoms with E-state index in [0.717, 1.165) is 5.56 Å². The maximum absolute atomic E-state index is 10.8. The SMILES string of the molecule is COC(=O)C=Cc1ccc(O)c(OC)c1.COc1cc(C=C(C)C(=O)O)ccc1O. The van der Waals surface area contributed by atoms with E-state index in [1.54, 1.807) is 30.3 Å². The van der Waals surface area contributed by atoms with E-state index in [0.29, 0.717) is 17.1 Å². The van der Waals surface area contributed by atoms with Crippen LogP contribution in [0.3, 0.4) is 0 Å². The molecule has 0 atom stereocenters. The number of phenolic OH excluding ortho intramolecular Hbond substituents is 2. The maximum atomic E-state index is 10.8. The van der Waals surface area contributed by atoms with E-state index in [-0.39, 0.29) is 17.1 Å². The summed E-state index contributed by atoms with van der Waals surface area (Å²) in [5.74, 6) is -0.622. The number of phenols is 2. The molecule has 0 aliphatic rings. The zero-order valence-corrected chi connectivity index (χ0v) is 17.1. The third-order valence-electron chi connectivity index (χ3n) is 3.74. The van der Waals surface area contributed by atoms with Crippen LogP contribution in [-0.4, -0.2) is 48.6 Å². The van der Waals surface area contributed by atoms with Crippen molar-refractivity contribution in [3.05, 3.63) is 59.2 Å². The van der Waals surface area contributed by atoms with Gasteiger partial charge in [0.15, 0.2) is 23.0 Å². The van der Waals surface area contributed by atoms with Crippen molar-refractivity contribution in [3.63, 3.8) is 0 Å². The molecular weight excluding hydrogens is 392 g/mol. The summed E-state index contributed by atoms with van der Waals surface area (Å²) in [6.07, 6.45) is 4.38. The molecule has 0 bridgehead atoms. The Bertz CT molecular complexity index is 942. The smallest absolute Gasteiger partial charge is 0.331 e. The Morgan fingerprint density at radius 1 is 0.867 bits per heavy atom. The molecule has 2 aromatic carbocycles. The molecule has 0 aliphatic carbocycles. The Morgan fingerprint density at radius 3 is 1.83 bits per heavy atom. The van der Waals surface area contributed by atoms with Crippen LogP contribution in [0.1, 0.15) is 18.1 Å². The first-order valence-corrected chi connectivity index (χ1v) is 8.63. The summed E-state index contributed by atoms with van der Waals surface area (Å²) in [7, 11) is 4.21. The van der Waals surface area contributed by atoms with Crippen molar-refractivity contribution in [2.75, 3.05) is 21.3 Å². The number of carbonyl (C=O) groups excluding carboxylic acids is 1. The van der Waals surface area contributed by atoms with Crippen molar-refractivity contribution < 1.29 is 39.1 Å². The van der Waals surface area contributed by atoms with Gasteiger partial charge in [-0.2, -0.15) is 0 Å². The number of carbonyl (C=O) groups is 2. The topological polar surface area (TPSA) is 123 Å². The fraction of sp³-hybridized carbons (Fsp3) is 0.182. The van der Waals surface area contributed by atoms with Gasteiger partial charge in [0.05, 0.1) is 21.3 Å². The molecule has 0 radical (unpaired) electrons. The maximum Gasteiger partial charge on any atom is 0.331 e. The lowest BCUT2D eigenvalue weighted by Crippen LogP contribution is -1.95. The molecule has 0 spiro atoms. The molecule has 0 aliphatic heterocycles. The van der Waals surface area contributed by atoms with Crippen LogP contribution in [0.15, 0.2) is 48.0 Å². The first-order chi connectivity index (χ1) is 14.2. The number of ether oxygens (including phenoxy) is 3. The number of esters is 1. The number of rotatable bonds is 6. The van der Waals surface area contributed by atoms with E-state index in [1.807, 2.05) is 0 Å². The number of aromatic hydroxyl groups is 2. The number of carboxylic acids is 1. The van der Waals surface area contributed by atoms with Gasteiger partial charge < -0.3 is 29.5 Å². The molecule has 30 heavy (non-hydrogen) atoms. The predicted octanol–water partition coefficient (Wildman–Crippen LogP) is 3.48. The Balaban J connectivity index is 0.000000300. The second kappa shape index (κ2) is 11.8. The van der Waals surface area contributed by atoms with Gasteiger partial charge in [0.1, 0.15) is 0 Å². The van der Waals surface area contributed by atoms with Gasteiger partial charge in [0.2, 0.25) is 0 Å². The molecule has 2 rings (SSSR count). The zero-order chi connectivity index (χ0) is 22.7. The van der Waals surface area contributed by atoms with Gasteiger partial charge in [-0.05, 0) is 54.5 Å². The van der Waals surface area contributed by atoms with Crippen molar-refractivity contribution in [2.45, 2.75) is 6.92 Å². The molecule has 160 valence electrons. The lowest BCUT2D eigenvalue weighted by atomic mass is 10.1. The minimum atomic E-state index is -0.970. The molecular formula is C22H24O8. The Hall–Kier alpha value is -3.94. The largest absolute Gasteiger partial charge is 0.504 e. The van der Waals surface area contributed by atoms with Crippen LogP contribution in [0, 0.1) is 0 Å². The number of aliphatic carboxylic acids is 1. The summed E-state index contributed by atoms with van der Waals surface area (Å²) in [6.45, 7) is 1.50. The van der Waals surface area contributed by atoms with E-state index >= 15 is 0 Å². The van der Waals surface area contributed by atoms with E-state index < -0.39 is 11.9 Å². The summed E-state index contributed by atoms with van der Waals surface area (Å²) < 4.78 is 14.3. The summed E-state index contributed by atoms with van der Waals surface area (Å²) in [4.78, 5) is 21.4. The average Bonchev–Trinajstić information content (AvgIpc) is 2.74. The van der Waals surface area contributed by atoms with Crippen LogP contribution >= 0.6 is 0 Å². The minimum absolute atomic E-state index is 0.0302. The zero-order valence-electron chi connectivity index (χ0n) is 17.1. The average molecular weight is 416 g/mol. The first-order valence-electron chi connectivity index (χ1n) is 8.63. The van der Waals surface area contributed by atoms with Crippen molar-refractivity contribution in [1.29, 1.82) is 0 Å². The Morgan fingerprint density at radius 2 is 1.37 bits per heavy atom. The van der Waals surface area contributed by atoms with Crippen LogP contribution in [0.2, 0.25) is 0 Å². The highest BCUT2D eigenvalue weighted by Crippen LogP contribution is 2.27. The molecule has 0 amide bonds. The number of carboxylic acid groups (broad SMARTS) is 1. The van der Waals surface area contributed by atoms with Gasteiger partial charge >= 0.3 is 11.9 Å². The first kappa shape index (κ1) is 24.1. The van der Waals surface area contributed by atoms with E-state index in [1.165, 1.54) is 52.5 Å². The molecule has 0 saturated heterocycles. The third-order valence-corrected chi connectivity index (χ3v) is 3.74. The van der Waals surface area contributed by atoms with Crippen molar-refractivity contribution in [1.82, 2.24) is 0 Å². The minimum Gasteiger partial charge on any atom is -0.504 e. The second-order valence-electron chi connectivity index (χ2n) is 5.85. The summed E-state index contributed by atoms with van der Waals surface area (Å²) in [5.41, 5.74) is 1.64. The van der Waals surface area contributed by atoms with E-state index in [4.69, 9.17) is 14.6 Å². The molecule has 3 N–H and O–H groups in total. The lowest BCUT2D eigenvalue weighted by molar-refractivity contribution is -0.135. The predicted molar refractivity (Wildman–Crippen MR) is 112 cm³/mol. The van der Waals surface area contributed by atoms with Gasteiger partial charge in [-0.25, -0.2) is 9.59 Å². The van der Waals surface area contributed by atoms with Gasteiger partial charge in [0, 0.05) is 11.6 Å². The monoisotopic (exact) mass is 416 g/mol. The van der Waals surface area contributed by atoms with Crippen molar-refractivity contribution >= 4 is 24.1 Å². The van der Waals surface area contributed by atoms with Crippen LogP contribution in [0.25, 0.3) is 12.2 Å². The quantitative estimate of drug-likeness (QED) is 0.483. The molecule has 8 heteroatoms. The molecule has 0 fully saturated rings. The van der Waals surface area contributed by atoms with Crippen molar-refractivity contribution in [2.24, 2.45) is 0 Å². The summed E-state index contributed by atoms with van der Waals surface area (Å²) in [5, 5.41) is 27.3. The van der Waals surface area contributed by atoms with Gasteiger partial charge in [0.25, 0.3) is 0 Å². The Kier molecular flexibility index (Phi) is 9.48. The highest BCUT2D eigenvalue weighted by Gasteiger charge is 2.04. The standard InChI is InChI=1S/2C11H12O4/c1-14-10-7-8(3-5-9(10)12)4-6-11(13)15-2;1-7(11(13)14)5-8-3-4-9(12)10(6-8)15-2/h3-7,12H,1-2H3;3-6,12H,1-2H3,(H,13,14).